The van der Waals surface area contributed by atoms with E-state index in [4.69, 9.17) is 0 Å². The van der Waals surface area contributed by atoms with E-state index in [2.05, 4.69) is 27.0 Å². The summed E-state index contributed by atoms with van der Waals surface area (Å²) >= 11 is 6.38. The number of rotatable bonds is 6. The summed E-state index contributed by atoms with van der Waals surface area (Å²) in [7, 11) is 0. The number of amides is 1. The van der Waals surface area contributed by atoms with Crippen LogP contribution >= 0.6 is 46.2 Å². The number of nitrogens with one attached hydrogen (secondary N) is 1. The molecule has 24 heavy (non-hydrogen) atoms. The van der Waals surface area contributed by atoms with E-state index in [1.54, 1.807) is 34.9 Å². The number of aryl methyl sites for hydroxylation is 1. The fraction of sp³-hybridized carbons (Fsp3) is 0.188. The van der Waals surface area contributed by atoms with Gasteiger partial charge in [-0.2, -0.15) is 0 Å². The third kappa shape index (κ3) is 4.38. The van der Waals surface area contributed by atoms with Gasteiger partial charge in [0.05, 0.1) is 0 Å². The molecule has 0 aliphatic heterocycles. The monoisotopic (exact) mass is 393 g/mol. The third-order valence-corrected chi connectivity index (χ3v) is 7.04. The second-order valence-corrected chi connectivity index (χ2v) is 8.99. The molecule has 0 aliphatic rings. The van der Waals surface area contributed by atoms with Crippen LogP contribution in [0, 0.1) is 6.92 Å². The molecule has 0 bridgehead atoms. The first-order valence-electron chi connectivity index (χ1n) is 7.10. The quantitative estimate of drug-likeness (QED) is 0.462. The van der Waals surface area contributed by atoms with Crippen molar-refractivity contribution in [1.29, 1.82) is 0 Å². The van der Waals surface area contributed by atoms with Gasteiger partial charge in [0.15, 0.2) is 4.34 Å². The summed E-state index contributed by atoms with van der Waals surface area (Å²) in [5.41, 5.74) is 1.62. The number of carbonyl (C=O) groups excluding carboxylic acids is 1. The molecule has 0 spiro atoms. The van der Waals surface area contributed by atoms with Crippen LogP contribution in [0.2, 0.25) is 0 Å². The number of thioether (sulfide) groups is 2. The van der Waals surface area contributed by atoms with Crippen LogP contribution in [0.1, 0.15) is 20.8 Å². The fourth-order valence-electron chi connectivity index (χ4n) is 1.98. The molecule has 1 amide bonds. The van der Waals surface area contributed by atoms with Crippen molar-refractivity contribution in [2.24, 2.45) is 0 Å². The Labute approximate surface area is 157 Å². The number of anilines is 1. The largest absolute Gasteiger partial charge is 0.296 e. The highest BCUT2D eigenvalue weighted by atomic mass is 32.2. The van der Waals surface area contributed by atoms with Crippen LogP contribution in [-0.4, -0.2) is 22.4 Å². The van der Waals surface area contributed by atoms with E-state index in [-0.39, 0.29) is 5.91 Å². The first kappa shape index (κ1) is 17.5. The molecule has 0 saturated carbocycles. The molecular weight excluding hydrogens is 378 g/mol. The predicted octanol–water partition coefficient (Wildman–Crippen LogP) is 5.17. The highest BCUT2D eigenvalue weighted by molar-refractivity contribution is 8.00. The molecule has 1 aromatic carbocycles. The number of nitrogens with zero attached hydrogens (tertiary/aromatic N) is 2. The number of hydrogen-bond acceptors (Lipinski definition) is 7. The van der Waals surface area contributed by atoms with Crippen LogP contribution in [0.4, 0.5) is 5.13 Å². The van der Waals surface area contributed by atoms with E-state index < -0.39 is 0 Å². The standard InChI is InChI=1S/C16H15N3OS4/c1-10-5-6-11(21-2)8-13(10)14(20)17-15-18-19-16(24-15)23-9-12-4-3-7-22-12/h3-8H,9H2,1-2H3,(H,17,18,20). The molecule has 4 nitrogen and oxygen atoms in total. The molecule has 3 rings (SSSR count). The Hall–Kier alpha value is -1.35. The van der Waals surface area contributed by atoms with Crippen LogP contribution in [0.25, 0.3) is 0 Å². The number of hydrogen-bond donors (Lipinski definition) is 1. The molecule has 0 unspecified atom stereocenters. The van der Waals surface area contributed by atoms with Gasteiger partial charge in [0, 0.05) is 21.1 Å². The van der Waals surface area contributed by atoms with Gasteiger partial charge in [-0.15, -0.1) is 33.3 Å². The van der Waals surface area contributed by atoms with E-state index in [1.165, 1.54) is 16.2 Å². The van der Waals surface area contributed by atoms with Crippen molar-refractivity contribution in [3.8, 4) is 0 Å². The molecule has 124 valence electrons. The van der Waals surface area contributed by atoms with Gasteiger partial charge in [0.25, 0.3) is 5.91 Å². The van der Waals surface area contributed by atoms with Crippen molar-refractivity contribution in [3.05, 3.63) is 51.7 Å². The zero-order valence-electron chi connectivity index (χ0n) is 13.1. The van der Waals surface area contributed by atoms with Gasteiger partial charge >= 0.3 is 0 Å². The molecule has 1 N–H and O–H groups in total. The number of carbonyl (C=O) groups is 1. The Morgan fingerprint density at radius 2 is 2.17 bits per heavy atom. The Balaban J connectivity index is 1.64. The lowest BCUT2D eigenvalue weighted by atomic mass is 10.1. The molecule has 0 radical (unpaired) electrons. The third-order valence-electron chi connectivity index (χ3n) is 3.23. The van der Waals surface area contributed by atoms with Gasteiger partial charge in [0.2, 0.25) is 5.13 Å². The molecule has 8 heteroatoms. The maximum atomic E-state index is 12.5. The number of thiophene rings is 1. The van der Waals surface area contributed by atoms with Crippen molar-refractivity contribution in [2.45, 2.75) is 21.9 Å². The summed E-state index contributed by atoms with van der Waals surface area (Å²) in [5, 5.41) is 13.6. The summed E-state index contributed by atoms with van der Waals surface area (Å²) < 4.78 is 0.855. The lowest BCUT2D eigenvalue weighted by Gasteiger charge is -2.06. The first-order chi connectivity index (χ1) is 11.7. The summed E-state index contributed by atoms with van der Waals surface area (Å²) in [5.74, 6) is 0.726. The molecule has 0 aliphatic carbocycles. The van der Waals surface area contributed by atoms with Crippen molar-refractivity contribution in [3.63, 3.8) is 0 Å². The highest BCUT2D eigenvalue weighted by Crippen LogP contribution is 2.30. The Bertz CT molecular complexity index is 830. The Morgan fingerprint density at radius 1 is 1.29 bits per heavy atom. The van der Waals surface area contributed by atoms with E-state index in [1.807, 2.05) is 37.4 Å². The average Bonchev–Trinajstić information content (AvgIpc) is 3.25. The van der Waals surface area contributed by atoms with Gasteiger partial charge < -0.3 is 0 Å². The van der Waals surface area contributed by atoms with Gasteiger partial charge in [-0.1, -0.05) is 35.2 Å². The van der Waals surface area contributed by atoms with E-state index in [0.29, 0.717) is 10.7 Å². The van der Waals surface area contributed by atoms with Crippen molar-refractivity contribution in [1.82, 2.24) is 10.2 Å². The van der Waals surface area contributed by atoms with E-state index in [9.17, 15) is 4.79 Å². The molecule has 2 heterocycles. The van der Waals surface area contributed by atoms with Gasteiger partial charge in [-0.3, -0.25) is 10.1 Å². The highest BCUT2D eigenvalue weighted by Gasteiger charge is 2.13. The second kappa shape index (κ2) is 8.15. The molecule has 0 saturated heterocycles. The van der Waals surface area contributed by atoms with Crippen LogP contribution in [-0.2, 0) is 5.75 Å². The summed E-state index contributed by atoms with van der Waals surface area (Å²) in [4.78, 5) is 14.8. The van der Waals surface area contributed by atoms with Crippen molar-refractivity contribution in [2.75, 3.05) is 11.6 Å². The van der Waals surface area contributed by atoms with Crippen LogP contribution in [0.5, 0.6) is 0 Å². The number of benzene rings is 1. The molecular formula is C16H15N3OS4. The van der Waals surface area contributed by atoms with E-state index in [0.717, 1.165) is 20.6 Å². The Morgan fingerprint density at radius 3 is 2.92 bits per heavy atom. The average molecular weight is 394 g/mol. The van der Waals surface area contributed by atoms with E-state index >= 15 is 0 Å². The minimum atomic E-state index is -0.144. The lowest BCUT2D eigenvalue weighted by molar-refractivity contribution is 0.102. The van der Waals surface area contributed by atoms with Gasteiger partial charge in [-0.25, -0.2) is 0 Å². The minimum Gasteiger partial charge on any atom is -0.296 e. The molecule has 2 aromatic heterocycles. The SMILES string of the molecule is CSc1ccc(C)c(C(=O)Nc2nnc(SCc3cccs3)s2)c1. The van der Waals surface area contributed by atoms with Crippen LogP contribution in [0.3, 0.4) is 0 Å². The summed E-state index contributed by atoms with van der Waals surface area (Å²) in [6.45, 7) is 1.93. The Kier molecular flexibility index (Phi) is 5.94. The molecule has 0 atom stereocenters. The molecule has 0 fully saturated rings. The van der Waals surface area contributed by atoms with Gasteiger partial charge in [-0.05, 0) is 42.3 Å². The van der Waals surface area contributed by atoms with Gasteiger partial charge in [0.1, 0.15) is 0 Å². The summed E-state index contributed by atoms with van der Waals surface area (Å²) in [6, 6.07) is 10.0. The minimum absolute atomic E-state index is 0.144. The topological polar surface area (TPSA) is 54.9 Å². The fourth-order valence-corrected chi connectivity index (χ4v) is 4.94. The second-order valence-electron chi connectivity index (χ2n) is 4.88. The lowest BCUT2D eigenvalue weighted by Crippen LogP contribution is -2.13. The summed E-state index contributed by atoms with van der Waals surface area (Å²) in [6.07, 6.45) is 1.99. The number of aromatic nitrogens is 2. The van der Waals surface area contributed by atoms with Crippen LogP contribution in [0.15, 0.2) is 44.9 Å². The smallest absolute Gasteiger partial charge is 0.257 e. The molecule has 3 aromatic rings. The predicted molar refractivity (Wildman–Crippen MR) is 105 cm³/mol. The maximum Gasteiger partial charge on any atom is 0.257 e. The first-order valence-corrected chi connectivity index (χ1v) is 11.0. The van der Waals surface area contributed by atoms with Crippen molar-refractivity contribution >= 4 is 57.2 Å². The zero-order chi connectivity index (χ0) is 16.9. The maximum absolute atomic E-state index is 12.5. The van der Waals surface area contributed by atoms with Crippen molar-refractivity contribution < 1.29 is 4.79 Å². The zero-order valence-corrected chi connectivity index (χ0v) is 16.4. The normalized spacial score (nSPS) is 10.8. The van der Waals surface area contributed by atoms with Crippen LogP contribution < -0.4 is 5.32 Å².